The maximum absolute atomic E-state index is 10.9. The van der Waals surface area contributed by atoms with E-state index in [1.165, 1.54) is 7.11 Å². The van der Waals surface area contributed by atoms with E-state index in [9.17, 15) is 4.79 Å². The van der Waals surface area contributed by atoms with Crippen LogP contribution in [0.25, 0.3) is 0 Å². The molecule has 0 aromatic carbocycles. The first kappa shape index (κ1) is 14.2. The number of methoxy groups -OCH3 is 1. The minimum absolute atomic E-state index is 0.0407. The molecule has 0 saturated heterocycles. The van der Waals surface area contributed by atoms with Crippen molar-refractivity contribution < 1.29 is 14.6 Å². The average molecular weight is 253 g/mol. The molecule has 1 rings (SSSR count). The highest BCUT2D eigenvalue weighted by Gasteiger charge is 2.12. The molecule has 6 heteroatoms. The molecule has 1 heterocycles. The van der Waals surface area contributed by atoms with Crippen LogP contribution in [0.3, 0.4) is 0 Å². The molecule has 0 saturated carbocycles. The first-order valence-corrected chi connectivity index (χ1v) is 5.64. The van der Waals surface area contributed by atoms with Gasteiger partial charge in [0.25, 0.3) is 0 Å². The number of carboxylic acids is 1. The van der Waals surface area contributed by atoms with Gasteiger partial charge >= 0.3 is 5.97 Å². The van der Waals surface area contributed by atoms with E-state index in [2.05, 4.69) is 4.98 Å². The summed E-state index contributed by atoms with van der Waals surface area (Å²) in [6, 6.07) is 3.51. The van der Waals surface area contributed by atoms with Crippen LogP contribution in [0.5, 0.6) is 5.88 Å². The highest BCUT2D eigenvalue weighted by molar-refractivity contribution is 5.73. The molecule has 0 fully saturated rings. The first-order chi connectivity index (χ1) is 8.52. The molecule has 0 unspecified atom stereocenters. The summed E-state index contributed by atoms with van der Waals surface area (Å²) in [7, 11) is 5.44. The normalized spacial score (nSPS) is 10.4. The van der Waals surface area contributed by atoms with Gasteiger partial charge in [-0.3, -0.25) is 4.79 Å². The number of pyridine rings is 1. The molecule has 0 spiro atoms. The van der Waals surface area contributed by atoms with Gasteiger partial charge in [0.1, 0.15) is 6.54 Å². The zero-order chi connectivity index (χ0) is 13.5. The molecule has 0 radical (unpaired) electrons. The van der Waals surface area contributed by atoms with Crippen LogP contribution in [0, 0.1) is 0 Å². The van der Waals surface area contributed by atoms with E-state index in [1.807, 2.05) is 19.0 Å². The quantitative estimate of drug-likeness (QED) is 0.765. The Balaban J connectivity index is 2.82. The van der Waals surface area contributed by atoms with Crippen molar-refractivity contribution >= 4 is 11.7 Å². The Bertz CT molecular complexity index is 396. The number of hydrogen-bond donors (Lipinski definition) is 1. The van der Waals surface area contributed by atoms with E-state index in [0.717, 1.165) is 12.2 Å². The summed E-state index contributed by atoms with van der Waals surface area (Å²) >= 11 is 0. The lowest BCUT2D eigenvalue weighted by Crippen LogP contribution is -2.35. The molecule has 0 aliphatic carbocycles. The van der Waals surface area contributed by atoms with Crippen LogP contribution in [-0.4, -0.2) is 61.8 Å². The van der Waals surface area contributed by atoms with E-state index in [4.69, 9.17) is 9.84 Å². The molecule has 0 aliphatic heterocycles. The van der Waals surface area contributed by atoms with Crippen molar-refractivity contribution in [2.24, 2.45) is 0 Å². The molecule has 1 aromatic rings. The van der Waals surface area contributed by atoms with Crippen LogP contribution in [0.1, 0.15) is 0 Å². The molecule has 1 N–H and O–H groups in total. The Labute approximate surface area is 107 Å². The number of carbonyl (C=O) groups is 1. The predicted octanol–water partition coefficient (Wildman–Crippen LogP) is 0.543. The number of anilines is 1. The molecular weight excluding hydrogens is 234 g/mol. The van der Waals surface area contributed by atoms with Crippen molar-refractivity contribution in [1.29, 1.82) is 0 Å². The standard InChI is InChI=1S/C12H19N3O3/c1-14(2)6-7-15(9-12(16)17)10-4-5-13-11(8-10)18-3/h4-5,8H,6-7,9H2,1-3H3,(H,16,17). The van der Waals surface area contributed by atoms with Gasteiger partial charge in [-0.1, -0.05) is 0 Å². The topological polar surface area (TPSA) is 65.9 Å². The van der Waals surface area contributed by atoms with Crippen molar-refractivity contribution in [3.05, 3.63) is 18.3 Å². The largest absolute Gasteiger partial charge is 0.481 e. The molecule has 18 heavy (non-hydrogen) atoms. The van der Waals surface area contributed by atoms with Crippen LogP contribution in [0.4, 0.5) is 5.69 Å². The third-order valence-electron chi connectivity index (χ3n) is 2.44. The van der Waals surface area contributed by atoms with E-state index in [0.29, 0.717) is 12.4 Å². The molecule has 0 bridgehead atoms. The fourth-order valence-electron chi connectivity index (χ4n) is 1.49. The number of ether oxygens (including phenoxy) is 1. The van der Waals surface area contributed by atoms with E-state index >= 15 is 0 Å². The highest BCUT2D eigenvalue weighted by atomic mass is 16.5. The molecule has 0 atom stereocenters. The second kappa shape index (κ2) is 6.80. The summed E-state index contributed by atoms with van der Waals surface area (Å²) in [6.45, 7) is 1.37. The fraction of sp³-hybridized carbons (Fsp3) is 0.500. The Hall–Kier alpha value is -1.82. The fourth-order valence-corrected chi connectivity index (χ4v) is 1.49. The minimum Gasteiger partial charge on any atom is -0.481 e. The highest BCUT2D eigenvalue weighted by Crippen LogP contribution is 2.18. The number of likely N-dealkylation sites (N-methyl/N-ethyl adjacent to an activating group) is 1. The van der Waals surface area contributed by atoms with Gasteiger partial charge in [-0.15, -0.1) is 0 Å². The summed E-state index contributed by atoms with van der Waals surface area (Å²) in [6.07, 6.45) is 1.61. The van der Waals surface area contributed by atoms with Gasteiger partial charge < -0.3 is 19.6 Å². The lowest BCUT2D eigenvalue weighted by atomic mass is 10.3. The molecule has 1 aromatic heterocycles. The lowest BCUT2D eigenvalue weighted by Gasteiger charge is -2.24. The van der Waals surface area contributed by atoms with Gasteiger partial charge in [0, 0.05) is 31.0 Å². The maximum Gasteiger partial charge on any atom is 0.323 e. The summed E-state index contributed by atoms with van der Waals surface area (Å²) in [4.78, 5) is 18.7. The average Bonchev–Trinajstić information content (AvgIpc) is 2.34. The molecule has 100 valence electrons. The third-order valence-corrected chi connectivity index (χ3v) is 2.44. The third kappa shape index (κ3) is 4.58. The van der Waals surface area contributed by atoms with Crippen LogP contribution < -0.4 is 9.64 Å². The van der Waals surface area contributed by atoms with Gasteiger partial charge in [-0.25, -0.2) is 4.98 Å². The van der Waals surface area contributed by atoms with E-state index in [-0.39, 0.29) is 6.54 Å². The van der Waals surface area contributed by atoms with Crippen LogP contribution in [-0.2, 0) is 4.79 Å². The van der Waals surface area contributed by atoms with Gasteiger partial charge in [0.15, 0.2) is 0 Å². The predicted molar refractivity (Wildman–Crippen MR) is 69.2 cm³/mol. The Kier molecular flexibility index (Phi) is 5.38. The monoisotopic (exact) mass is 253 g/mol. The molecular formula is C12H19N3O3. The van der Waals surface area contributed by atoms with Crippen molar-refractivity contribution in [1.82, 2.24) is 9.88 Å². The Morgan fingerprint density at radius 2 is 2.17 bits per heavy atom. The Morgan fingerprint density at radius 3 is 2.72 bits per heavy atom. The Morgan fingerprint density at radius 1 is 1.44 bits per heavy atom. The summed E-state index contributed by atoms with van der Waals surface area (Å²) < 4.78 is 5.04. The molecule has 6 nitrogen and oxygen atoms in total. The van der Waals surface area contributed by atoms with Crippen LogP contribution in [0.15, 0.2) is 18.3 Å². The number of aromatic nitrogens is 1. The zero-order valence-corrected chi connectivity index (χ0v) is 11.0. The van der Waals surface area contributed by atoms with Crippen molar-refractivity contribution in [2.45, 2.75) is 0 Å². The van der Waals surface area contributed by atoms with Crippen molar-refractivity contribution in [3.8, 4) is 5.88 Å². The number of hydrogen-bond acceptors (Lipinski definition) is 5. The summed E-state index contributed by atoms with van der Waals surface area (Å²) in [5, 5.41) is 8.93. The zero-order valence-electron chi connectivity index (χ0n) is 11.0. The minimum atomic E-state index is -0.857. The maximum atomic E-state index is 10.9. The van der Waals surface area contributed by atoms with Gasteiger partial charge in [0.05, 0.1) is 7.11 Å². The number of aliphatic carboxylic acids is 1. The summed E-state index contributed by atoms with van der Waals surface area (Å²) in [5.41, 5.74) is 0.797. The van der Waals surface area contributed by atoms with Crippen molar-refractivity contribution in [3.63, 3.8) is 0 Å². The van der Waals surface area contributed by atoms with Gasteiger partial charge in [0.2, 0.25) is 5.88 Å². The number of carboxylic acid groups (broad SMARTS) is 1. The summed E-state index contributed by atoms with van der Waals surface area (Å²) in [5.74, 6) is -0.378. The van der Waals surface area contributed by atoms with Crippen molar-refractivity contribution in [2.75, 3.05) is 45.7 Å². The van der Waals surface area contributed by atoms with Gasteiger partial charge in [-0.05, 0) is 20.2 Å². The second-order valence-electron chi connectivity index (χ2n) is 4.17. The van der Waals surface area contributed by atoms with Gasteiger partial charge in [-0.2, -0.15) is 0 Å². The smallest absolute Gasteiger partial charge is 0.323 e. The van der Waals surface area contributed by atoms with E-state index in [1.54, 1.807) is 23.2 Å². The molecule has 0 amide bonds. The number of rotatable bonds is 7. The number of nitrogens with zero attached hydrogens (tertiary/aromatic N) is 3. The molecule has 0 aliphatic rings. The first-order valence-electron chi connectivity index (χ1n) is 5.64. The van der Waals surface area contributed by atoms with Crippen LogP contribution in [0.2, 0.25) is 0 Å². The van der Waals surface area contributed by atoms with Crippen LogP contribution >= 0.6 is 0 Å². The second-order valence-corrected chi connectivity index (χ2v) is 4.17. The SMILES string of the molecule is COc1cc(N(CCN(C)C)CC(=O)O)ccn1. The lowest BCUT2D eigenvalue weighted by molar-refractivity contribution is -0.135. The van der Waals surface area contributed by atoms with E-state index < -0.39 is 5.97 Å².